The lowest BCUT2D eigenvalue weighted by molar-refractivity contribution is 0.0473. The molecule has 3 rings (SSSR count). The standard InChI is InChI=1S/C19H18N2O2/c1-2-21-18(16-11-7-4-8-12-16)17(13-20-21)19(22)23-14-15-9-5-3-6-10-15/h3-13H,2,14H2,1H3. The van der Waals surface area contributed by atoms with Crippen LogP contribution < -0.4 is 0 Å². The van der Waals surface area contributed by atoms with Crippen LogP contribution in [-0.2, 0) is 17.9 Å². The highest BCUT2D eigenvalue weighted by Gasteiger charge is 2.19. The zero-order valence-corrected chi connectivity index (χ0v) is 13.0. The van der Waals surface area contributed by atoms with Gasteiger partial charge in [0, 0.05) is 12.1 Å². The number of rotatable bonds is 5. The van der Waals surface area contributed by atoms with Gasteiger partial charge in [-0.05, 0) is 12.5 Å². The largest absolute Gasteiger partial charge is 0.457 e. The van der Waals surface area contributed by atoms with E-state index in [4.69, 9.17) is 4.74 Å². The Morgan fingerprint density at radius 2 is 1.70 bits per heavy atom. The first kappa shape index (κ1) is 15.0. The second-order valence-corrected chi connectivity index (χ2v) is 5.15. The minimum absolute atomic E-state index is 0.255. The van der Waals surface area contributed by atoms with Crippen molar-refractivity contribution in [2.45, 2.75) is 20.1 Å². The lowest BCUT2D eigenvalue weighted by Crippen LogP contribution is -2.07. The molecule has 0 atom stereocenters. The number of aryl methyl sites for hydroxylation is 1. The number of carbonyl (C=O) groups excluding carboxylic acids is 1. The van der Waals surface area contributed by atoms with Crippen molar-refractivity contribution in [3.05, 3.63) is 78.0 Å². The van der Waals surface area contributed by atoms with E-state index in [9.17, 15) is 4.79 Å². The van der Waals surface area contributed by atoms with Gasteiger partial charge >= 0.3 is 5.97 Å². The van der Waals surface area contributed by atoms with Gasteiger partial charge in [0.25, 0.3) is 0 Å². The molecule has 0 amide bonds. The lowest BCUT2D eigenvalue weighted by Gasteiger charge is -2.08. The van der Waals surface area contributed by atoms with Crippen molar-refractivity contribution in [2.75, 3.05) is 0 Å². The molecule has 0 aliphatic rings. The molecule has 0 unspecified atom stereocenters. The van der Waals surface area contributed by atoms with Crippen LogP contribution in [0.4, 0.5) is 0 Å². The van der Waals surface area contributed by atoms with Gasteiger partial charge in [-0.1, -0.05) is 60.7 Å². The van der Waals surface area contributed by atoms with E-state index >= 15 is 0 Å². The van der Waals surface area contributed by atoms with Gasteiger partial charge < -0.3 is 4.74 Å². The summed E-state index contributed by atoms with van der Waals surface area (Å²) in [4.78, 5) is 12.5. The zero-order valence-electron chi connectivity index (χ0n) is 13.0. The van der Waals surface area contributed by atoms with E-state index in [0.717, 1.165) is 16.8 Å². The fraction of sp³-hybridized carbons (Fsp3) is 0.158. The fourth-order valence-electron chi connectivity index (χ4n) is 2.48. The first-order chi connectivity index (χ1) is 11.3. The Bertz CT molecular complexity index is 780. The number of hydrogen-bond acceptors (Lipinski definition) is 3. The van der Waals surface area contributed by atoms with Crippen LogP contribution in [0.15, 0.2) is 66.9 Å². The van der Waals surface area contributed by atoms with E-state index in [2.05, 4.69) is 5.10 Å². The molecule has 4 heteroatoms. The van der Waals surface area contributed by atoms with E-state index in [1.165, 1.54) is 0 Å². The van der Waals surface area contributed by atoms with Crippen LogP contribution in [0.2, 0.25) is 0 Å². The lowest BCUT2D eigenvalue weighted by atomic mass is 10.1. The second-order valence-electron chi connectivity index (χ2n) is 5.15. The third-order valence-electron chi connectivity index (χ3n) is 3.62. The minimum Gasteiger partial charge on any atom is -0.457 e. The Morgan fingerprint density at radius 3 is 2.35 bits per heavy atom. The first-order valence-electron chi connectivity index (χ1n) is 7.62. The highest BCUT2D eigenvalue weighted by atomic mass is 16.5. The number of esters is 1. The normalized spacial score (nSPS) is 10.5. The van der Waals surface area contributed by atoms with Crippen LogP contribution in [0.3, 0.4) is 0 Å². The van der Waals surface area contributed by atoms with Crippen LogP contribution in [0.1, 0.15) is 22.8 Å². The number of aromatic nitrogens is 2. The molecule has 0 saturated carbocycles. The first-order valence-corrected chi connectivity index (χ1v) is 7.62. The van der Waals surface area contributed by atoms with Gasteiger partial charge in [0.1, 0.15) is 12.2 Å². The summed E-state index contributed by atoms with van der Waals surface area (Å²) >= 11 is 0. The van der Waals surface area contributed by atoms with E-state index in [0.29, 0.717) is 12.1 Å². The second kappa shape index (κ2) is 6.92. The summed E-state index contributed by atoms with van der Waals surface area (Å²) in [7, 11) is 0. The van der Waals surface area contributed by atoms with E-state index < -0.39 is 0 Å². The SMILES string of the molecule is CCn1ncc(C(=O)OCc2ccccc2)c1-c1ccccc1. The summed E-state index contributed by atoms with van der Waals surface area (Å²) in [6.07, 6.45) is 1.58. The van der Waals surface area contributed by atoms with E-state index in [1.807, 2.05) is 72.3 Å². The molecule has 0 fully saturated rings. The molecular formula is C19H18N2O2. The summed E-state index contributed by atoms with van der Waals surface area (Å²) < 4.78 is 7.26. The highest BCUT2D eigenvalue weighted by molar-refractivity contribution is 5.96. The van der Waals surface area contributed by atoms with Gasteiger partial charge in [-0.3, -0.25) is 4.68 Å². The van der Waals surface area contributed by atoms with Crippen LogP contribution in [0.5, 0.6) is 0 Å². The topological polar surface area (TPSA) is 44.1 Å². The molecule has 0 aliphatic carbocycles. The molecule has 23 heavy (non-hydrogen) atoms. The summed E-state index contributed by atoms with van der Waals surface area (Å²) in [6, 6.07) is 19.4. The Kier molecular flexibility index (Phi) is 4.52. The molecule has 0 radical (unpaired) electrons. The molecule has 3 aromatic rings. The van der Waals surface area contributed by atoms with Crippen molar-refractivity contribution >= 4 is 5.97 Å². The third-order valence-corrected chi connectivity index (χ3v) is 3.62. The summed E-state index contributed by atoms with van der Waals surface area (Å²) in [5.74, 6) is -0.354. The average Bonchev–Trinajstić information content (AvgIpc) is 3.05. The Labute approximate surface area is 135 Å². The fourth-order valence-corrected chi connectivity index (χ4v) is 2.48. The third kappa shape index (κ3) is 3.31. The average molecular weight is 306 g/mol. The molecule has 0 aliphatic heterocycles. The van der Waals surface area contributed by atoms with Crippen molar-refractivity contribution in [2.24, 2.45) is 0 Å². The summed E-state index contributed by atoms with van der Waals surface area (Å²) in [5, 5.41) is 4.30. The van der Waals surface area contributed by atoms with E-state index in [1.54, 1.807) is 6.20 Å². The maximum atomic E-state index is 12.5. The van der Waals surface area contributed by atoms with Gasteiger partial charge in [-0.25, -0.2) is 4.79 Å². The van der Waals surface area contributed by atoms with Crippen LogP contribution in [-0.4, -0.2) is 15.7 Å². The number of hydrogen-bond donors (Lipinski definition) is 0. The molecular weight excluding hydrogens is 288 g/mol. The van der Waals surface area contributed by atoms with Crippen LogP contribution in [0.25, 0.3) is 11.3 Å². The molecule has 4 nitrogen and oxygen atoms in total. The molecule has 0 spiro atoms. The van der Waals surface area contributed by atoms with E-state index in [-0.39, 0.29) is 12.6 Å². The number of carbonyl (C=O) groups is 1. The molecule has 0 bridgehead atoms. The van der Waals surface area contributed by atoms with Crippen molar-refractivity contribution in [3.8, 4) is 11.3 Å². The van der Waals surface area contributed by atoms with Crippen molar-refractivity contribution in [1.29, 1.82) is 0 Å². The monoisotopic (exact) mass is 306 g/mol. The Balaban J connectivity index is 1.85. The number of benzene rings is 2. The number of nitrogens with zero attached hydrogens (tertiary/aromatic N) is 2. The van der Waals surface area contributed by atoms with Gasteiger partial charge in [-0.15, -0.1) is 0 Å². The van der Waals surface area contributed by atoms with Gasteiger partial charge in [0.2, 0.25) is 0 Å². The summed E-state index contributed by atoms with van der Waals surface area (Å²) in [6.45, 7) is 2.94. The Morgan fingerprint density at radius 1 is 1.04 bits per heavy atom. The predicted molar refractivity (Wildman–Crippen MR) is 88.9 cm³/mol. The molecule has 1 aromatic heterocycles. The maximum absolute atomic E-state index is 12.5. The number of ether oxygens (including phenoxy) is 1. The van der Waals surface area contributed by atoms with Crippen molar-refractivity contribution in [1.82, 2.24) is 9.78 Å². The van der Waals surface area contributed by atoms with Crippen LogP contribution >= 0.6 is 0 Å². The highest BCUT2D eigenvalue weighted by Crippen LogP contribution is 2.24. The molecule has 1 heterocycles. The molecule has 116 valence electrons. The molecule has 0 saturated heterocycles. The predicted octanol–water partition coefficient (Wildman–Crippen LogP) is 3.93. The molecule has 0 N–H and O–H groups in total. The Hall–Kier alpha value is -2.88. The van der Waals surface area contributed by atoms with Crippen LogP contribution in [0, 0.1) is 0 Å². The molecule has 2 aromatic carbocycles. The van der Waals surface area contributed by atoms with Crippen molar-refractivity contribution < 1.29 is 9.53 Å². The van der Waals surface area contributed by atoms with Crippen molar-refractivity contribution in [3.63, 3.8) is 0 Å². The zero-order chi connectivity index (χ0) is 16.1. The quantitative estimate of drug-likeness (QED) is 0.671. The summed E-state index contributed by atoms with van der Waals surface area (Å²) in [5.41, 5.74) is 3.21. The van der Waals surface area contributed by atoms with Gasteiger partial charge in [0.05, 0.1) is 11.9 Å². The minimum atomic E-state index is -0.354. The van der Waals surface area contributed by atoms with Gasteiger partial charge in [-0.2, -0.15) is 5.10 Å². The smallest absolute Gasteiger partial charge is 0.342 e. The van der Waals surface area contributed by atoms with Gasteiger partial charge in [0.15, 0.2) is 0 Å². The maximum Gasteiger partial charge on any atom is 0.342 e.